The summed E-state index contributed by atoms with van der Waals surface area (Å²) in [6, 6.07) is 3.84. The SMILES string of the molecule is CCN(CCc1ccncc1)C(=O)C(=O)NCCN1CCNCC1. The zero-order valence-electron chi connectivity index (χ0n) is 14.3. The van der Waals surface area contributed by atoms with Gasteiger partial charge in [0, 0.05) is 64.8 Å². The van der Waals surface area contributed by atoms with Crippen molar-refractivity contribution in [3.63, 3.8) is 0 Å². The summed E-state index contributed by atoms with van der Waals surface area (Å²) in [6.45, 7) is 8.15. The zero-order chi connectivity index (χ0) is 17.2. The van der Waals surface area contributed by atoms with Crippen LogP contribution in [0.25, 0.3) is 0 Å². The molecule has 0 spiro atoms. The molecule has 1 aromatic heterocycles. The molecule has 0 atom stereocenters. The second-order valence-electron chi connectivity index (χ2n) is 5.84. The lowest BCUT2D eigenvalue weighted by Crippen LogP contribution is -2.48. The van der Waals surface area contributed by atoms with Crippen molar-refractivity contribution >= 4 is 11.8 Å². The normalized spacial score (nSPS) is 15.0. The molecular weight excluding hydrogens is 306 g/mol. The van der Waals surface area contributed by atoms with Gasteiger partial charge in [0.15, 0.2) is 0 Å². The third-order valence-corrected chi connectivity index (χ3v) is 4.21. The summed E-state index contributed by atoms with van der Waals surface area (Å²) in [4.78, 5) is 32.1. The molecule has 132 valence electrons. The van der Waals surface area contributed by atoms with E-state index in [4.69, 9.17) is 0 Å². The lowest BCUT2D eigenvalue weighted by molar-refractivity contribution is -0.145. The van der Waals surface area contributed by atoms with Gasteiger partial charge in [-0.1, -0.05) is 0 Å². The minimum atomic E-state index is -0.512. The Hall–Kier alpha value is -1.99. The van der Waals surface area contributed by atoms with Crippen LogP contribution in [0.4, 0.5) is 0 Å². The number of piperazine rings is 1. The number of pyridine rings is 1. The Balaban J connectivity index is 1.71. The summed E-state index contributed by atoms with van der Waals surface area (Å²) >= 11 is 0. The van der Waals surface area contributed by atoms with Crippen LogP contribution in [0.15, 0.2) is 24.5 Å². The highest BCUT2D eigenvalue weighted by Crippen LogP contribution is 2.00. The second kappa shape index (κ2) is 10.00. The summed E-state index contributed by atoms with van der Waals surface area (Å²) in [7, 11) is 0. The van der Waals surface area contributed by atoms with Crippen molar-refractivity contribution in [1.82, 2.24) is 25.4 Å². The number of hydrogen-bond acceptors (Lipinski definition) is 5. The van der Waals surface area contributed by atoms with E-state index >= 15 is 0 Å². The Morgan fingerprint density at radius 3 is 2.67 bits per heavy atom. The fraction of sp³-hybridized carbons (Fsp3) is 0.588. The first-order chi connectivity index (χ1) is 11.7. The lowest BCUT2D eigenvalue weighted by atomic mass is 10.2. The van der Waals surface area contributed by atoms with Gasteiger partial charge in [-0.2, -0.15) is 0 Å². The molecule has 0 aliphatic carbocycles. The van der Waals surface area contributed by atoms with Crippen LogP contribution >= 0.6 is 0 Å². The molecular formula is C17H27N5O2. The van der Waals surface area contributed by atoms with Crippen molar-refractivity contribution in [2.75, 3.05) is 52.4 Å². The average molecular weight is 333 g/mol. The average Bonchev–Trinajstić information content (AvgIpc) is 2.63. The van der Waals surface area contributed by atoms with Crippen LogP contribution in [0.3, 0.4) is 0 Å². The minimum absolute atomic E-state index is 0.452. The Morgan fingerprint density at radius 1 is 1.29 bits per heavy atom. The molecule has 0 saturated carbocycles. The number of aromatic nitrogens is 1. The third kappa shape index (κ3) is 5.90. The van der Waals surface area contributed by atoms with E-state index in [0.29, 0.717) is 19.6 Å². The molecule has 0 bridgehead atoms. The van der Waals surface area contributed by atoms with Gasteiger partial charge in [0.05, 0.1) is 0 Å². The molecule has 1 aromatic rings. The fourth-order valence-electron chi connectivity index (χ4n) is 2.70. The van der Waals surface area contributed by atoms with E-state index in [-0.39, 0.29) is 0 Å². The zero-order valence-corrected chi connectivity index (χ0v) is 14.3. The monoisotopic (exact) mass is 333 g/mol. The van der Waals surface area contributed by atoms with Crippen LogP contribution < -0.4 is 10.6 Å². The van der Waals surface area contributed by atoms with E-state index < -0.39 is 11.8 Å². The van der Waals surface area contributed by atoms with Gasteiger partial charge in [-0.3, -0.25) is 19.5 Å². The molecule has 2 amide bonds. The van der Waals surface area contributed by atoms with Gasteiger partial charge in [0.25, 0.3) is 0 Å². The van der Waals surface area contributed by atoms with Crippen molar-refractivity contribution in [1.29, 1.82) is 0 Å². The van der Waals surface area contributed by atoms with E-state index in [2.05, 4.69) is 20.5 Å². The maximum Gasteiger partial charge on any atom is 0.311 e. The highest BCUT2D eigenvalue weighted by molar-refractivity contribution is 6.35. The summed E-state index contributed by atoms with van der Waals surface area (Å²) in [5.41, 5.74) is 1.11. The number of carbonyl (C=O) groups is 2. The first-order valence-corrected chi connectivity index (χ1v) is 8.59. The number of rotatable bonds is 7. The number of likely N-dealkylation sites (N-methyl/N-ethyl adjacent to an activating group) is 1. The standard InChI is InChI=1S/C17H27N5O2/c1-2-22(11-5-15-3-6-18-7-4-15)17(24)16(23)20-10-14-21-12-8-19-9-13-21/h3-4,6-7,19H,2,5,8-14H2,1H3,(H,20,23). The predicted octanol–water partition coefficient (Wildman–Crippen LogP) is -0.506. The molecule has 2 rings (SSSR count). The van der Waals surface area contributed by atoms with Crippen molar-refractivity contribution in [2.24, 2.45) is 0 Å². The smallest absolute Gasteiger partial charge is 0.311 e. The Morgan fingerprint density at radius 2 is 2.00 bits per heavy atom. The van der Waals surface area contributed by atoms with Gasteiger partial charge in [-0.25, -0.2) is 0 Å². The van der Waals surface area contributed by atoms with Crippen LogP contribution in [0.5, 0.6) is 0 Å². The molecule has 24 heavy (non-hydrogen) atoms. The Labute approximate surface area is 143 Å². The van der Waals surface area contributed by atoms with Crippen LogP contribution in [0, 0.1) is 0 Å². The lowest BCUT2D eigenvalue weighted by Gasteiger charge is -2.27. The Bertz CT molecular complexity index is 517. The van der Waals surface area contributed by atoms with Crippen molar-refractivity contribution < 1.29 is 9.59 Å². The summed E-state index contributed by atoms with van der Waals surface area (Å²) < 4.78 is 0. The highest BCUT2D eigenvalue weighted by atomic mass is 16.2. The third-order valence-electron chi connectivity index (χ3n) is 4.21. The van der Waals surface area contributed by atoms with E-state index in [1.807, 2.05) is 19.1 Å². The van der Waals surface area contributed by atoms with E-state index in [1.165, 1.54) is 0 Å². The van der Waals surface area contributed by atoms with Gasteiger partial charge in [-0.15, -0.1) is 0 Å². The maximum absolute atomic E-state index is 12.3. The van der Waals surface area contributed by atoms with Gasteiger partial charge in [0.2, 0.25) is 0 Å². The maximum atomic E-state index is 12.3. The van der Waals surface area contributed by atoms with Crippen LogP contribution in [0.1, 0.15) is 12.5 Å². The number of nitrogens with one attached hydrogen (secondary N) is 2. The summed E-state index contributed by atoms with van der Waals surface area (Å²) in [6.07, 6.45) is 4.18. The van der Waals surface area contributed by atoms with E-state index in [9.17, 15) is 9.59 Å². The molecule has 2 heterocycles. The van der Waals surface area contributed by atoms with Crippen molar-refractivity contribution in [3.05, 3.63) is 30.1 Å². The largest absolute Gasteiger partial charge is 0.347 e. The number of hydrogen-bond donors (Lipinski definition) is 2. The van der Waals surface area contributed by atoms with Gasteiger partial charge in [-0.05, 0) is 31.0 Å². The molecule has 0 radical (unpaired) electrons. The quantitative estimate of drug-likeness (QED) is 0.658. The highest BCUT2D eigenvalue weighted by Gasteiger charge is 2.20. The molecule has 0 aromatic carbocycles. The van der Waals surface area contributed by atoms with Crippen LogP contribution in [0.2, 0.25) is 0 Å². The van der Waals surface area contributed by atoms with Crippen LogP contribution in [-0.4, -0.2) is 79.0 Å². The molecule has 2 N–H and O–H groups in total. The van der Waals surface area contributed by atoms with Crippen LogP contribution in [-0.2, 0) is 16.0 Å². The number of carbonyl (C=O) groups excluding carboxylic acids is 2. The predicted molar refractivity (Wildman–Crippen MR) is 92.5 cm³/mol. The molecule has 7 nitrogen and oxygen atoms in total. The molecule has 1 saturated heterocycles. The van der Waals surface area contributed by atoms with Crippen molar-refractivity contribution in [2.45, 2.75) is 13.3 Å². The first-order valence-electron chi connectivity index (χ1n) is 8.59. The topological polar surface area (TPSA) is 77.6 Å². The van der Waals surface area contributed by atoms with Gasteiger partial charge < -0.3 is 15.5 Å². The fourth-order valence-corrected chi connectivity index (χ4v) is 2.70. The first kappa shape index (κ1) is 18.4. The molecule has 1 aliphatic rings. The molecule has 1 aliphatic heterocycles. The Kier molecular flexibility index (Phi) is 7.64. The van der Waals surface area contributed by atoms with E-state index in [0.717, 1.165) is 44.7 Å². The molecule has 1 fully saturated rings. The number of nitrogens with zero attached hydrogens (tertiary/aromatic N) is 3. The van der Waals surface area contributed by atoms with E-state index in [1.54, 1.807) is 17.3 Å². The summed E-state index contributed by atoms with van der Waals surface area (Å²) in [5, 5.41) is 6.03. The second-order valence-corrected chi connectivity index (χ2v) is 5.84. The summed E-state index contributed by atoms with van der Waals surface area (Å²) in [5.74, 6) is -0.964. The molecule has 0 unspecified atom stereocenters. The number of amides is 2. The molecule has 7 heteroatoms. The minimum Gasteiger partial charge on any atom is -0.347 e. The van der Waals surface area contributed by atoms with Gasteiger partial charge in [0.1, 0.15) is 0 Å². The van der Waals surface area contributed by atoms with Crippen molar-refractivity contribution in [3.8, 4) is 0 Å². The van der Waals surface area contributed by atoms with Gasteiger partial charge >= 0.3 is 11.8 Å².